The largest absolute Gasteiger partial charge is 0.466 e. The van der Waals surface area contributed by atoms with Gasteiger partial charge in [-0.3, -0.25) is 9.59 Å². The molecule has 0 saturated heterocycles. The molecule has 0 heterocycles. The molecule has 0 aliphatic rings. The van der Waals surface area contributed by atoms with Crippen molar-refractivity contribution < 1.29 is 40.3 Å². The molecule has 0 fully saturated rings. The summed E-state index contributed by atoms with van der Waals surface area (Å²) in [6.07, 6.45) is 1.49. The highest BCUT2D eigenvalue weighted by molar-refractivity contribution is 5.66. The number of hydrogen-bond acceptors (Lipinski definition) is 4. The molecule has 5 heteroatoms. The minimum absolute atomic E-state index is 0.216. The zero-order chi connectivity index (χ0) is 18.1. The Labute approximate surface area is 158 Å². The third kappa shape index (κ3) is 7.69. The summed E-state index contributed by atoms with van der Waals surface area (Å²) in [5.41, 5.74) is 2.35. The molecule has 25 heavy (non-hydrogen) atoms. The van der Waals surface area contributed by atoms with Gasteiger partial charge in [0.25, 0.3) is 0 Å². The van der Waals surface area contributed by atoms with Crippen LogP contribution in [0.1, 0.15) is 25.0 Å². The Bertz CT molecular complexity index is 631. The molecular weight excluding hydrogens is 431 g/mol. The number of rotatable bonds is 8. The molecule has 0 aliphatic carbocycles. The van der Waals surface area contributed by atoms with Crippen LogP contribution >= 0.6 is 0 Å². The average Bonchev–Trinajstić information content (AvgIpc) is 2.57. The van der Waals surface area contributed by atoms with Gasteiger partial charge in [0.2, 0.25) is 0 Å². The summed E-state index contributed by atoms with van der Waals surface area (Å²) < 4.78 is 12.6. The fourth-order valence-corrected chi connectivity index (χ4v) is 4.34. The molecule has 0 amide bonds. The molecule has 2 rings (SSSR count). The van der Waals surface area contributed by atoms with Gasteiger partial charge in [-0.1, -0.05) is 24.3 Å². The van der Waals surface area contributed by atoms with E-state index in [1.165, 1.54) is 32.1 Å². The smallest absolute Gasteiger partial charge is 0.357 e. The molecule has 0 atom stereocenters. The van der Waals surface area contributed by atoms with Crippen LogP contribution in [0.3, 0.4) is 0 Å². The third-order valence-electron chi connectivity index (χ3n) is 3.44. The van der Waals surface area contributed by atoms with E-state index in [1.807, 2.05) is 0 Å². The van der Waals surface area contributed by atoms with Crippen molar-refractivity contribution in [3.8, 4) is 0 Å². The zero-order valence-electron chi connectivity index (χ0n) is 14.5. The van der Waals surface area contributed by atoms with Gasteiger partial charge in [-0.2, -0.15) is 0 Å². The van der Waals surface area contributed by atoms with Crippen LogP contribution in [0.25, 0.3) is 0 Å². The van der Waals surface area contributed by atoms with Crippen LogP contribution in [-0.4, -0.2) is 25.2 Å². The lowest BCUT2D eigenvalue weighted by Gasteiger charge is -2.02. The molecule has 2 aromatic rings. The number of carbonyl (C=O) groups is 2. The van der Waals surface area contributed by atoms with Gasteiger partial charge in [-0.15, -0.1) is 0 Å². The first-order valence-corrected chi connectivity index (χ1v) is 10.3. The van der Waals surface area contributed by atoms with E-state index in [9.17, 15) is 9.59 Å². The zero-order valence-corrected chi connectivity index (χ0v) is 16.6. The molecule has 0 saturated carbocycles. The maximum atomic E-state index is 10.8. The lowest BCUT2D eigenvalue weighted by Crippen LogP contribution is -3.61. The molecule has 2 aromatic carbocycles. The topological polar surface area (TPSA) is 52.6 Å². The molecule has 132 valence electrons. The molecule has 0 aliphatic heterocycles. The molecule has 0 N–H and O–H groups in total. The minimum atomic E-state index is -0.237. The van der Waals surface area contributed by atoms with Gasteiger partial charge in [0.05, 0.1) is 13.2 Å². The fraction of sp³-hybridized carbons (Fsp3) is 0.300. The Morgan fingerprint density at radius 2 is 1.08 bits per heavy atom. The summed E-state index contributed by atoms with van der Waals surface area (Å²) >= 11 is -0.216. The Morgan fingerprint density at radius 1 is 0.720 bits per heavy atom. The van der Waals surface area contributed by atoms with Crippen molar-refractivity contribution in [2.75, 3.05) is 13.2 Å². The highest BCUT2D eigenvalue weighted by atomic mass is 127. The number of esters is 2. The molecule has 0 spiro atoms. The molecular formula is C20H22IO4+. The SMILES string of the molecule is CC(=O)OCCc1ccc([I+]c2ccc(CCOC(C)=O)cc2)cc1. The monoisotopic (exact) mass is 453 g/mol. The van der Waals surface area contributed by atoms with Gasteiger partial charge >= 0.3 is 33.1 Å². The summed E-state index contributed by atoms with van der Waals surface area (Å²) in [7, 11) is 0. The quantitative estimate of drug-likeness (QED) is 0.418. The van der Waals surface area contributed by atoms with E-state index in [-0.39, 0.29) is 33.1 Å². The Balaban J connectivity index is 1.83. The van der Waals surface area contributed by atoms with Crippen LogP contribution < -0.4 is 21.2 Å². The summed E-state index contributed by atoms with van der Waals surface area (Å²) in [5.74, 6) is -0.474. The van der Waals surface area contributed by atoms with E-state index in [1.54, 1.807) is 0 Å². The van der Waals surface area contributed by atoms with Crippen molar-refractivity contribution in [2.24, 2.45) is 0 Å². The first kappa shape index (κ1) is 19.4. The maximum absolute atomic E-state index is 10.8. The van der Waals surface area contributed by atoms with Crippen molar-refractivity contribution in [3.05, 3.63) is 66.8 Å². The first-order valence-electron chi connectivity index (χ1n) is 8.12. The van der Waals surface area contributed by atoms with Crippen LogP contribution in [0, 0.1) is 7.14 Å². The Morgan fingerprint density at radius 3 is 1.40 bits per heavy atom. The molecule has 0 radical (unpaired) electrons. The van der Waals surface area contributed by atoms with Gasteiger partial charge < -0.3 is 9.47 Å². The lowest BCUT2D eigenvalue weighted by atomic mass is 10.2. The summed E-state index contributed by atoms with van der Waals surface area (Å²) in [5, 5.41) is 0. The standard InChI is InChI=1S/C20H22IO4/c1-15(22)24-13-11-17-3-7-19(8-4-17)21-20-9-5-18(6-10-20)12-14-25-16(2)23/h3-10H,11-14H2,1-2H3/q+1. The average molecular weight is 453 g/mol. The van der Waals surface area contributed by atoms with Crippen LogP contribution in [0.5, 0.6) is 0 Å². The number of ether oxygens (including phenoxy) is 2. The van der Waals surface area contributed by atoms with Crippen molar-refractivity contribution in [2.45, 2.75) is 26.7 Å². The van der Waals surface area contributed by atoms with Crippen molar-refractivity contribution >= 4 is 11.9 Å². The predicted octanol–water partition coefficient (Wildman–Crippen LogP) is 0.0262. The minimum Gasteiger partial charge on any atom is -0.466 e. The van der Waals surface area contributed by atoms with E-state index in [4.69, 9.17) is 9.47 Å². The van der Waals surface area contributed by atoms with Gasteiger partial charge in [-0.05, 0) is 35.4 Å². The Hall–Kier alpha value is -1.89. The van der Waals surface area contributed by atoms with E-state index in [0.29, 0.717) is 13.2 Å². The number of halogens is 1. The lowest BCUT2D eigenvalue weighted by molar-refractivity contribution is -0.597. The maximum Gasteiger partial charge on any atom is 0.357 e. The molecule has 0 unspecified atom stereocenters. The first-order chi connectivity index (χ1) is 12.0. The van der Waals surface area contributed by atoms with E-state index in [0.717, 1.165) is 12.8 Å². The second-order valence-electron chi connectivity index (χ2n) is 5.53. The predicted molar refractivity (Wildman–Crippen MR) is 91.0 cm³/mol. The highest BCUT2D eigenvalue weighted by Crippen LogP contribution is 2.01. The molecule has 0 aromatic heterocycles. The molecule has 4 nitrogen and oxygen atoms in total. The van der Waals surface area contributed by atoms with E-state index in [2.05, 4.69) is 48.5 Å². The second-order valence-corrected chi connectivity index (χ2v) is 8.56. The van der Waals surface area contributed by atoms with Gasteiger partial charge in [0, 0.05) is 26.7 Å². The van der Waals surface area contributed by atoms with E-state index < -0.39 is 0 Å². The van der Waals surface area contributed by atoms with Crippen LogP contribution in [0.2, 0.25) is 0 Å². The van der Waals surface area contributed by atoms with Gasteiger partial charge in [-0.25, -0.2) is 0 Å². The second kappa shape index (κ2) is 10.2. The van der Waals surface area contributed by atoms with E-state index >= 15 is 0 Å². The number of benzene rings is 2. The highest BCUT2D eigenvalue weighted by Gasteiger charge is 2.15. The third-order valence-corrected chi connectivity index (χ3v) is 6.12. The van der Waals surface area contributed by atoms with Crippen molar-refractivity contribution in [1.82, 2.24) is 0 Å². The van der Waals surface area contributed by atoms with Crippen LogP contribution in [-0.2, 0) is 31.9 Å². The summed E-state index contributed by atoms with van der Waals surface area (Å²) in [4.78, 5) is 21.5. The van der Waals surface area contributed by atoms with Crippen LogP contribution in [0.4, 0.5) is 0 Å². The van der Waals surface area contributed by atoms with Gasteiger partial charge in [0.15, 0.2) is 7.14 Å². The van der Waals surface area contributed by atoms with Crippen LogP contribution in [0.15, 0.2) is 48.5 Å². The number of carbonyl (C=O) groups excluding carboxylic acids is 2. The number of hydrogen-bond donors (Lipinski definition) is 0. The fourth-order valence-electron chi connectivity index (χ4n) is 2.18. The van der Waals surface area contributed by atoms with Crippen molar-refractivity contribution in [1.29, 1.82) is 0 Å². The Kier molecular flexibility index (Phi) is 7.91. The van der Waals surface area contributed by atoms with Gasteiger partial charge in [0.1, 0.15) is 0 Å². The summed E-state index contributed by atoms with van der Waals surface area (Å²) in [6.45, 7) is 3.71. The summed E-state index contributed by atoms with van der Waals surface area (Å²) in [6, 6.07) is 17.0. The molecule has 0 bridgehead atoms. The normalized spacial score (nSPS) is 10.3. The van der Waals surface area contributed by atoms with Crippen molar-refractivity contribution in [3.63, 3.8) is 0 Å².